The molecule has 1 aliphatic rings. The molecule has 2 atom stereocenters. The number of hydrogen-bond acceptors (Lipinski definition) is 3. The molecular formula is C16H22N2O. The minimum Gasteiger partial charge on any atom is -0.459 e. The summed E-state index contributed by atoms with van der Waals surface area (Å²) in [6.07, 6.45) is 1.30. The van der Waals surface area contributed by atoms with Crippen LogP contribution in [0.5, 0.6) is 0 Å². The highest BCUT2D eigenvalue weighted by Crippen LogP contribution is 2.24. The van der Waals surface area contributed by atoms with E-state index in [9.17, 15) is 0 Å². The molecule has 3 rings (SSSR count). The molecule has 0 amide bonds. The second-order valence-electron chi connectivity index (χ2n) is 5.73. The number of benzene rings is 1. The molecule has 19 heavy (non-hydrogen) atoms. The maximum Gasteiger partial charge on any atom is 0.134 e. The molecule has 0 saturated carbocycles. The number of furan rings is 1. The Hall–Kier alpha value is -1.32. The lowest BCUT2D eigenvalue weighted by Crippen LogP contribution is -2.27. The van der Waals surface area contributed by atoms with Crippen LogP contribution in [0.25, 0.3) is 11.0 Å². The van der Waals surface area contributed by atoms with E-state index in [4.69, 9.17) is 4.42 Å². The largest absolute Gasteiger partial charge is 0.459 e. The van der Waals surface area contributed by atoms with Crippen molar-refractivity contribution in [3.63, 3.8) is 0 Å². The van der Waals surface area contributed by atoms with Crippen molar-refractivity contribution in [1.29, 1.82) is 0 Å². The lowest BCUT2D eigenvalue weighted by molar-refractivity contribution is 0.372. The summed E-state index contributed by atoms with van der Waals surface area (Å²) in [5, 5.41) is 4.79. The molecule has 1 N–H and O–H groups in total. The summed E-state index contributed by atoms with van der Waals surface area (Å²) in [4.78, 5) is 2.40. The Bertz CT molecular complexity index is 515. The zero-order chi connectivity index (χ0) is 13.2. The number of fused-ring (bicyclic) bond motifs is 1. The van der Waals surface area contributed by atoms with E-state index >= 15 is 0 Å². The van der Waals surface area contributed by atoms with Crippen LogP contribution in [0.15, 0.2) is 34.7 Å². The lowest BCUT2D eigenvalue weighted by atomic mass is 10.1. The van der Waals surface area contributed by atoms with Gasteiger partial charge in [0.1, 0.15) is 11.3 Å². The van der Waals surface area contributed by atoms with Crippen LogP contribution in [-0.2, 0) is 0 Å². The number of hydrogen-bond donors (Lipinski definition) is 1. The number of likely N-dealkylation sites (tertiary alicyclic amines) is 1. The summed E-state index contributed by atoms with van der Waals surface area (Å²) in [5.74, 6) is 1.81. The van der Waals surface area contributed by atoms with Gasteiger partial charge in [-0.25, -0.2) is 0 Å². The highest BCUT2D eigenvalue weighted by atomic mass is 16.3. The lowest BCUT2D eigenvalue weighted by Gasteiger charge is -2.15. The van der Waals surface area contributed by atoms with Crippen LogP contribution in [0.3, 0.4) is 0 Å². The zero-order valence-electron chi connectivity index (χ0n) is 11.7. The van der Waals surface area contributed by atoms with Crippen LogP contribution < -0.4 is 5.32 Å². The average Bonchev–Trinajstić information content (AvgIpc) is 3.01. The maximum atomic E-state index is 5.89. The first-order chi connectivity index (χ1) is 9.22. The molecule has 2 heterocycles. The van der Waals surface area contributed by atoms with Crippen LogP contribution in [0.1, 0.15) is 25.1 Å². The summed E-state index contributed by atoms with van der Waals surface area (Å²) < 4.78 is 5.89. The molecule has 3 nitrogen and oxygen atoms in total. The van der Waals surface area contributed by atoms with E-state index in [2.05, 4.69) is 36.3 Å². The average molecular weight is 258 g/mol. The van der Waals surface area contributed by atoms with Gasteiger partial charge >= 0.3 is 0 Å². The van der Waals surface area contributed by atoms with E-state index in [0.717, 1.165) is 23.8 Å². The first kappa shape index (κ1) is 12.7. The van der Waals surface area contributed by atoms with Crippen molar-refractivity contribution in [1.82, 2.24) is 10.2 Å². The third-order valence-electron chi connectivity index (χ3n) is 4.07. The van der Waals surface area contributed by atoms with Crippen molar-refractivity contribution in [3.8, 4) is 0 Å². The van der Waals surface area contributed by atoms with Crippen LogP contribution in [0.2, 0.25) is 0 Å². The third kappa shape index (κ3) is 2.82. The minimum absolute atomic E-state index is 0.276. The van der Waals surface area contributed by atoms with Crippen LogP contribution in [0.4, 0.5) is 0 Å². The van der Waals surface area contributed by atoms with Crippen LogP contribution in [-0.4, -0.2) is 31.6 Å². The number of para-hydroxylation sites is 1. The molecule has 1 fully saturated rings. The zero-order valence-corrected chi connectivity index (χ0v) is 11.7. The SMILES string of the molecule is CC(NCC1CCN(C)C1)c1cc2ccccc2o1. The van der Waals surface area contributed by atoms with E-state index in [1.165, 1.54) is 24.9 Å². The summed E-state index contributed by atoms with van der Waals surface area (Å²) in [7, 11) is 2.20. The van der Waals surface area contributed by atoms with E-state index in [1.807, 2.05) is 18.2 Å². The van der Waals surface area contributed by atoms with Crippen molar-refractivity contribution < 1.29 is 4.42 Å². The molecule has 0 bridgehead atoms. The summed E-state index contributed by atoms with van der Waals surface area (Å²) in [6.45, 7) is 5.68. The molecular weight excluding hydrogens is 236 g/mol. The number of nitrogens with zero attached hydrogens (tertiary/aromatic N) is 1. The molecule has 1 aromatic heterocycles. The van der Waals surface area contributed by atoms with Crippen molar-refractivity contribution in [2.24, 2.45) is 5.92 Å². The molecule has 0 radical (unpaired) electrons. The minimum atomic E-state index is 0.276. The molecule has 102 valence electrons. The van der Waals surface area contributed by atoms with Gasteiger partial charge in [-0.15, -0.1) is 0 Å². The summed E-state index contributed by atoms with van der Waals surface area (Å²) in [5.41, 5.74) is 0.978. The highest BCUT2D eigenvalue weighted by molar-refractivity contribution is 5.77. The molecule has 1 aliphatic heterocycles. The second-order valence-corrected chi connectivity index (χ2v) is 5.73. The second kappa shape index (κ2) is 5.35. The van der Waals surface area contributed by atoms with E-state index in [0.29, 0.717) is 0 Å². The van der Waals surface area contributed by atoms with Gasteiger partial charge in [0, 0.05) is 11.9 Å². The van der Waals surface area contributed by atoms with Gasteiger partial charge in [0.15, 0.2) is 0 Å². The Morgan fingerprint density at radius 3 is 3.00 bits per heavy atom. The Kier molecular flexibility index (Phi) is 3.58. The fraction of sp³-hybridized carbons (Fsp3) is 0.500. The molecule has 1 saturated heterocycles. The molecule has 3 heteroatoms. The third-order valence-corrected chi connectivity index (χ3v) is 4.07. The Balaban J connectivity index is 1.61. The Morgan fingerprint density at radius 2 is 2.26 bits per heavy atom. The smallest absolute Gasteiger partial charge is 0.134 e. The predicted octanol–water partition coefficient (Wildman–Crippen LogP) is 3.04. The van der Waals surface area contributed by atoms with Gasteiger partial charge in [0.2, 0.25) is 0 Å². The molecule has 2 unspecified atom stereocenters. The van der Waals surface area contributed by atoms with Crippen molar-refractivity contribution in [2.45, 2.75) is 19.4 Å². The predicted molar refractivity (Wildman–Crippen MR) is 78.2 cm³/mol. The van der Waals surface area contributed by atoms with Gasteiger partial charge in [-0.1, -0.05) is 18.2 Å². The fourth-order valence-electron chi connectivity index (χ4n) is 2.85. The van der Waals surface area contributed by atoms with Crippen LogP contribution >= 0.6 is 0 Å². The van der Waals surface area contributed by atoms with Gasteiger partial charge in [0.05, 0.1) is 6.04 Å². The molecule has 1 aromatic carbocycles. The Labute approximate surface area is 114 Å². The maximum absolute atomic E-state index is 5.89. The van der Waals surface area contributed by atoms with E-state index in [-0.39, 0.29) is 6.04 Å². The molecule has 0 aliphatic carbocycles. The Morgan fingerprint density at radius 1 is 1.42 bits per heavy atom. The van der Waals surface area contributed by atoms with Gasteiger partial charge in [0.25, 0.3) is 0 Å². The topological polar surface area (TPSA) is 28.4 Å². The molecule has 0 spiro atoms. The van der Waals surface area contributed by atoms with Crippen molar-refractivity contribution in [3.05, 3.63) is 36.1 Å². The van der Waals surface area contributed by atoms with E-state index in [1.54, 1.807) is 0 Å². The number of rotatable bonds is 4. The molecule has 2 aromatic rings. The van der Waals surface area contributed by atoms with Gasteiger partial charge in [-0.2, -0.15) is 0 Å². The first-order valence-corrected chi connectivity index (χ1v) is 7.13. The monoisotopic (exact) mass is 258 g/mol. The van der Waals surface area contributed by atoms with Crippen LogP contribution in [0, 0.1) is 5.92 Å². The van der Waals surface area contributed by atoms with Crippen molar-refractivity contribution in [2.75, 3.05) is 26.7 Å². The first-order valence-electron chi connectivity index (χ1n) is 7.13. The summed E-state index contributed by atoms with van der Waals surface area (Å²) in [6, 6.07) is 10.6. The fourth-order valence-corrected chi connectivity index (χ4v) is 2.85. The van der Waals surface area contributed by atoms with Gasteiger partial charge < -0.3 is 14.6 Å². The standard InChI is InChI=1S/C16H22N2O/c1-12(17-10-13-7-8-18(2)11-13)16-9-14-5-3-4-6-15(14)19-16/h3-6,9,12-13,17H,7-8,10-11H2,1-2H3. The van der Waals surface area contributed by atoms with Gasteiger partial charge in [-0.3, -0.25) is 0 Å². The normalized spacial score (nSPS) is 22.1. The van der Waals surface area contributed by atoms with Gasteiger partial charge in [-0.05, 0) is 51.5 Å². The van der Waals surface area contributed by atoms with E-state index < -0.39 is 0 Å². The summed E-state index contributed by atoms with van der Waals surface area (Å²) >= 11 is 0. The quantitative estimate of drug-likeness (QED) is 0.913. The number of nitrogens with one attached hydrogen (secondary N) is 1. The highest BCUT2D eigenvalue weighted by Gasteiger charge is 2.20. The van der Waals surface area contributed by atoms with Crippen molar-refractivity contribution >= 4 is 11.0 Å².